The first-order chi connectivity index (χ1) is 8.10. The highest BCUT2D eigenvalue weighted by molar-refractivity contribution is 9.10. The number of halogens is 1. The Morgan fingerprint density at radius 1 is 1.29 bits per heavy atom. The number of benzene rings is 1. The Labute approximate surface area is 112 Å². The minimum absolute atomic E-state index is 0.0190. The normalized spacial score (nSPS) is 11.6. The summed E-state index contributed by atoms with van der Waals surface area (Å²) in [5.74, 6) is 0.863. The maximum absolute atomic E-state index is 9.61. The van der Waals surface area contributed by atoms with Crippen LogP contribution in [0, 0.1) is 5.41 Å². The molecule has 1 aromatic carbocycles. The minimum Gasteiger partial charge on any atom is -0.497 e. The van der Waals surface area contributed by atoms with Crippen LogP contribution in [0.2, 0.25) is 0 Å². The first-order valence-electron chi connectivity index (χ1n) is 6.04. The molecular weight excluding hydrogens is 280 g/mol. The molecule has 0 saturated carbocycles. The summed E-state index contributed by atoms with van der Waals surface area (Å²) in [4.78, 5) is 0. The molecule has 1 N–H and O–H groups in total. The van der Waals surface area contributed by atoms with Crippen molar-refractivity contribution in [1.29, 1.82) is 0 Å². The van der Waals surface area contributed by atoms with Crippen LogP contribution in [-0.4, -0.2) is 18.8 Å². The Bertz CT molecular complexity index is 351. The van der Waals surface area contributed by atoms with Gasteiger partial charge < -0.3 is 9.84 Å². The van der Waals surface area contributed by atoms with Crippen molar-refractivity contribution < 1.29 is 9.84 Å². The summed E-state index contributed by atoms with van der Waals surface area (Å²) in [5.41, 5.74) is 1.18. The summed E-state index contributed by atoms with van der Waals surface area (Å²) in [6, 6.07) is 5.98. The topological polar surface area (TPSA) is 29.5 Å². The van der Waals surface area contributed by atoms with Crippen molar-refractivity contribution in [3.8, 4) is 5.75 Å². The van der Waals surface area contributed by atoms with E-state index < -0.39 is 0 Å². The fraction of sp³-hybridized carbons (Fsp3) is 0.571. The zero-order valence-electron chi connectivity index (χ0n) is 10.8. The molecule has 0 amide bonds. The molecule has 0 aliphatic heterocycles. The van der Waals surface area contributed by atoms with Crippen LogP contribution in [0.1, 0.15) is 32.3 Å². The zero-order chi connectivity index (χ0) is 12.9. The number of aliphatic hydroxyl groups is 1. The molecule has 0 aromatic heterocycles. The molecule has 17 heavy (non-hydrogen) atoms. The van der Waals surface area contributed by atoms with Gasteiger partial charge in [-0.15, -0.1) is 0 Å². The second-order valence-corrected chi connectivity index (χ2v) is 5.35. The van der Waals surface area contributed by atoms with E-state index in [1.54, 1.807) is 7.11 Å². The molecule has 1 aromatic rings. The van der Waals surface area contributed by atoms with E-state index in [0.29, 0.717) is 0 Å². The maximum Gasteiger partial charge on any atom is 0.119 e. The molecular formula is C14H21BrO2. The number of hydrogen-bond acceptors (Lipinski definition) is 2. The molecule has 0 radical (unpaired) electrons. The Hall–Kier alpha value is -0.540. The number of hydrogen-bond donors (Lipinski definition) is 1. The van der Waals surface area contributed by atoms with E-state index in [4.69, 9.17) is 4.74 Å². The van der Waals surface area contributed by atoms with Gasteiger partial charge in [-0.2, -0.15) is 0 Å². The molecule has 0 atom stereocenters. The Morgan fingerprint density at radius 2 is 1.94 bits per heavy atom. The summed E-state index contributed by atoms with van der Waals surface area (Å²) in [7, 11) is 1.67. The highest BCUT2D eigenvalue weighted by Crippen LogP contribution is 2.34. The minimum atomic E-state index is -0.0190. The van der Waals surface area contributed by atoms with Crippen molar-refractivity contribution in [1.82, 2.24) is 0 Å². The molecule has 0 unspecified atom stereocenters. The number of ether oxygens (including phenoxy) is 1. The first-order valence-corrected chi connectivity index (χ1v) is 6.83. The zero-order valence-corrected chi connectivity index (χ0v) is 12.4. The second-order valence-electron chi connectivity index (χ2n) is 4.50. The predicted molar refractivity (Wildman–Crippen MR) is 74.5 cm³/mol. The third-order valence-electron chi connectivity index (χ3n) is 3.65. The molecule has 3 heteroatoms. The van der Waals surface area contributed by atoms with Gasteiger partial charge in [0.25, 0.3) is 0 Å². The Morgan fingerprint density at radius 3 is 2.41 bits per heavy atom. The number of methoxy groups -OCH3 is 1. The lowest BCUT2D eigenvalue weighted by Crippen LogP contribution is -2.26. The van der Waals surface area contributed by atoms with E-state index in [-0.39, 0.29) is 12.0 Å². The van der Waals surface area contributed by atoms with Gasteiger partial charge in [-0.05, 0) is 48.4 Å². The maximum atomic E-state index is 9.61. The lowest BCUT2D eigenvalue weighted by atomic mass is 9.78. The van der Waals surface area contributed by atoms with Gasteiger partial charge in [0.2, 0.25) is 0 Å². The summed E-state index contributed by atoms with van der Waals surface area (Å²) in [6.07, 6.45) is 2.82. The average molecular weight is 301 g/mol. The molecule has 0 heterocycles. The standard InChI is InChI=1S/C14H21BrO2/c1-4-14(5-2,10-16)9-11-8-12(17-3)6-7-13(11)15/h6-8,16H,4-5,9-10H2,1-3H3. The molecule has 0 fully saturated rings. The number of rotatable bonds is 6. The Kier molecular flexibility index (Phi) is 5.47. The first kappa shape index (κ1) is 14.5. The van der Waals surface area contributed by atoms with Gasteiger partial charge in [0.1, 0.15) is 5.75 Å². The molecule has 2 nitrogen and oxygen atoms in total. The van der Waals surface area contributed by atoms with Crippen molar-refractivity contribution in [2.45, 2.75) is 33.1 Å². The van der Waals surface area contributed by atoms with Crippen molar-refractivity contribution >= 4 is 15.9 Å². The third kappa shape index (κ3) is 3.46. The van der Waals surface area contributed by atoms with E-state index in [2.05, 4.69) is 29.8 Å². The smallest absolute Gasteiger partial charge is 0.119 e. The van der Waals surface area contributed by atoms with E-state index in [1.807, 2.05) is 18.2 Å². The van der Waals surface area contributed by atoms with Gasteiger partial charge in [-0.25, -0.2) is 0 Å². The molecule has 0 bridgehead atoms. The van der Waals surface area contributed by atoms with Crippen molar-refractivity contribution in [3.63, 3.8) is 0 Å². The molecule has 1 rings (SSSR count). The lowest BCUT2D eigenvalue weighted by molar-refractivity contribution is 0.115. The number of aliphatic hydroxyl groups excluding tert-OH is 1. The van der Waals surface area contributed by atoms with Crippen LogP contribution in [-0.2, 0) is 6.42 Å². The quantitative estimate of drug-likeness (QED) is 0.866. The molecule has 0 spiro atoms. The second kappa shape index (κ2) is 6.41. The molecule has 0 saturated heterocycles. The van der Waals surface area contributed by atoms with Gasteiger partial charge in [0.05, 0.1) is 7.11 Å². The predicted octanol–water partition coefficient (Wildman–Crippen LogP) is 3.80. The van der Waals surface area contributed by atoms with Gasteiger partial charge in [-0.3, -0.25) is 0 Å². The van der Waals surface area contributed by atoms with Crippen LogP contribution in [0.4, 0.5) is 0 Å². The monoisotopic (exact) mass is 300 g/mol. The van der Waals surface area contributed by atoms with Crippen LogP contribution >= 0.6 is 15.9 Å². The molecule has 96 valence electrons. The van der Waals surface area contributed by atoms with Gasteiger partial charge in [0, 0.05) is 11.1 Å². The van der Waals surface area contributed by atoms with Crippen molar-refractivity contribution in [3.05, 3.63) is 28.2 Å². The summed E-state index contributed by atoms with van der Waals surface area (Å²) in [6.45, 7) is 4.49. The fourth-order valence-corrected chi connectivity index (χ4v) is 2.38. The lowest BCUT2D eigenvalue weighted by Gasteiger charge is -2.30. The van der Waals surface area contributed by atoms with Crippen LogP contribution in [0.25, 0.3) is 0 Å². The van der Waals surface area contributed by atoms with Crippen LogP contribution in [0.5, 0.6) is 5.75 Å². The van der Waals surface area contributed by atoms with E-state index >= 15 is 0 Å². The highest BCUT2D eigenvalue weighted by Gasteiger charge is 2.26. The SMILES string of the molecule is CCC(CC)(CO)Cc1cc(OC)ccc1Br. The van der Waals surface area contributed by atoms with Gasteiger partial charge >= 0.3 is 0 Å². The van der Waals surface area contributed by atoms with Crippen molar-refractivity contribution in [2.24, 2.45) is 5.41 Å². The summed E-state index contributed by atoms with van der Waals surface area (Å²) < 4.78 is 6.32. The molecule has 0 aliphatic carbocycles. The van der Waals surface area contributed by atoms with Gasteiger partial charge in [0.15, 0.2) is 0 Å². The Balaban J connectivity index is 2.99. The van der Waals surface area contributed by atoms with Crippen LogP contribution in [0.3, 0.4) is 0 Å². The third-order valence-corrected chi connectivity index (χ3v) is 4.43. The van der Waals surface area contributed by atoms with Crippen LogP contribution in [0.15, 0.2) is 22.7 Å². The van der Waals surface area contributed by atoms with E-state index in [0.717, 1.165) is 29.5 Å². The average Bonchev–Trinajstić information content (AvgIpc) is 2.38. The van der Waals surface area contributed by atoms with Crippen molar-refractivity contribution in [2.75, 3.05) is 13.7 Å². The van der Waals surface area contributed by atoms with Crippen LogP contribution < -0.4 is 4.74 Å². The van der Waals surface area contributed by atoms with E-state index in [9.17, 15) is 5.11 Å². The van der Waals surface area contributed by atoms with Gasteiger partial charge in [-0.1, -0.05) is 29.8 Å². The largest absolute Gasteiger partial charge is 0.497 e. The summed E-state index contributed by atoms with van der Waals surface area (Å²) >= 11 is 3.56. The summed E-state index contributed by atoms with van der Waals surface area (Å²) in [5, 5.41) is 9.61. The van der Waals surface area contributed by atoms with E-state index in [1.165, 1.54) is 5.56 Å². The fourth-order valence-electron chi connectivity index (χ4n) is 2.00. The molecule has 0 aliphatic rings. The highest BCUT2D eigenvalue weighted by atomic mass is 79.9.